The number of ether oxygens (including phenoxy) is 1. The minimum atomic E-state index is -0.115. The zero-order chi connectivity index (χ0) is 12.3. The van der Waals surface area contributed by atoms with Gasteiger partial charge in [-0.25, -0.2) is 4.98 Å². The quantitative estimate of drug-likeness (QED) is 0.798. The summed E-state index contributed by atoms with van der Waals surface area (Å²) in [4.78, 5) is 20.0. The molecule has 1 aliphatic rings. The summed E-state index contributed by atoms with van der Waals surface area (Å²) in [6, 6.07) is 1.87. The fourth-order valence-corrected chi connectivity index (χ4v) is 1.82. The smallest absolute Gasteiger partial charge is 0.318 e. The fourth-order valence-electron chi connectivity index (χ4n) is 1.82. The van der Waals surface area contributed by atoms with Gasteiger partial charge in [0.05, 0.1) is 13.2 Å². The number of hydrogen-bond donors (Lipinski definition) is 2. The lowest BCUT2D eigenvalue weighted by Gasteiger charge is -2.11. The van der Waals surface area contributed by atoms with E-state index in [0.717, 1.165) is 25.1 Å². The molecule has 6 nitrogen and oxygen atoms in total. The van der Waals surface area contributed by atoms with Gasteiger partial charge in [0.2, 0.25) is 5.91 Å². The van der Waals surface area contributed by atoms with Crippen LogP contribution in [0.25, 0.3) is 0 Å². The number of nitrogens with one attached hydrogen (secondary N) is 2. The second-order valence-corrected chi connectivity index (χ2v) is 4.02. The molecule has 1 aromatic heterocycles. The van der Waals surface area contributed by atoms with Crippen LogP contribution in [0.1, 0.15) is 18.5 Å². The van der Waals surface area contributed by atoms with Crippen LogP contribution in [-0.4, -0.2) is 35.6 Å². The maximum atomic E-state index is 11.9. The van der Waals surface area contributed by atoms with Gasteiger partial charge in [-0.15, -0.1) is 0 Å². The van der Waals surface area contributed by atoms with Crippen molar-refractivity contribution < 1.29 is 9.53 Å². The van der Waals surface area contributed by atoms with Gasteiger partial charge in [-0.1, -0.05) is 0 Å². The van der Waals surface area contributed by atoms with Crippen molar-refractivity contribution in [3.8, 4) is 6.01 Å². The average Bonchev–Trinajstić information content (AvgIpc) is 2.81. The van der Waals surface area contributed by atoms with Gasteiger partial charge in [-0.05, 0) is 26.3 Å². The van der Waals surface area contributed by atoms with Crippen molar-refractivity contribution in [2.75, 3.05) is 19.0 Å². The zero-order valence-electron chi connectivity index (χ0n) is 9.99. The maximum absolute atomic E-state index is 11.9. The van der Waals surface area contributed by atoms with E-state index in [-0.39, 0.29) is 18.0 Å². The third kappa shape index (κ3) is 2.91. The van der Waals surface area contributed by atoms with Crippen molar-refractivity contribution >= 4 is 11.7 Å². The summed E-state index contributed by atoms with van der Waals surface area (Å²) in [6.07, 6.45) is 1.90. The Balaban J connectivity index is 2.06. The normalized spacial score (nSPS) is 19.1. The Morgan fingerprint density at radius 3 is 3.06 bits per heavy atom. The fraction of sp³-hybridized carbons (Fsp3) is 0.545. The molecule has 1 saturated heterocycles. The summed E-state index contributed by atoms with van der Waals surface area (Å²) in [6.45, 7) is 2.72. The van der Waals surface area contributed by atoms with Crippen LogP contribution in [0.3, 0.4) is 0 Å². The molecule has 92 valence electrons. The van der Waals surface area contributed by atoms with E-state index in [1.165, 1.54) is 7.11 Å². The summed E-state index contributed by atoms with van der Waals surface area (Å²) < 4.78 is 4.95. The van der Waals surface area contributed by atoms with Crippen molar-refractivity contribution in [2.45, 2.75) is 25.8 Å². The van der Waals surface area contributed by atoms with Crippen molar-refractivity contribution in [1.29, 1.82) is 0 Å². The van der Waals surface area contributed by atoms with Gasteiger partial charge in [0, 0.05) is 11.8 Å². The van der Waals surface area contributed by atoms with Crippen LogP contribution in [0.5, 0.6) is 6.01 Å². The number of carbonyl (C=O) groups excluding carboxylic acids is 1. The van der Waals surface area contributed by atoms with Crippen molar-refractivity contribution in [3.63, 3.8) is 0 Å². The second-order valence-electron chi connectivity index (χ2n) is 4.02. The highest BCUT2D eigenvalue weighted by atomic mass is 16.5. The van der Waals surface area contributed by atoms with Crippen LogP contribution < -0.4 is 15.4 Å². The summed E-state index contributed by atoms with van der Waals surface area (Å²) >= 11 is 0. The summed E-state index contributed by atoms with van der Waals surface area (Å²) in [5.74, 6) is 0.427. The summed E-state index contributed by atoms with van der Waals surface area (Å²) in [7, 11) is 1.50. The van der Waals surface area contributed by atoms with Crippen molar-refractivity contribution in [3.05, 3.63) is 11.8 Å². The van der Waals surface area contributed by atoms with Gasteiger partial charge in [-0.3, -0.25) is 4.79 Å². The lowest BCUT2D eigenvalue weighted by Crippen LogP contribution is -2.35. The van der Waals surface area contributed by atoms with E-state index in [9.17, 15) is 4.79 Å². The topological polar surface area (TPSA) is 76.1 Å². The predicted octanol–water partition coefficient (Wildman–Crippen LogP) is 0.484. The number of nitrogens with zero attached hydrogens (tertiary/aromatic N) is 2. The molecule has 2 heterocycles. The molecule has 6 heteroatoms. The maximum Gasteiger partial charge on any atom is 0.318 e. The van der Waals surface area contributed by atoms with E-state index >= 15 is 0 Å². The Hall–Kier alpha value is -1.69. The number of rotatable bonds is 3. The number of aromatic nitrogens is 2. The summed E-state index contributed by atoms with van der Waals surface area (Å²) in [5, 5.41) is 5.90. The first kappa shape index (κ1) is 11.8. The highest BCUT2D eigenvalue weighted by molar-refractivity contribution is 5.94. The van der Waals surface area contributed by atoms with Crippen LogP contribution >= 0.6 is 0 Å². The molecule has 0 unspecified atom stereocenters. The lowest BCUT2D eigenvalue weighted by atomic mass is 10.2. The van der Waals surface area contributed by atoms with Crippen LogP contribution in [-0.2, 0) is 4.79 Å². The van der Waals surface area contributed by atoms with Crippen LogP contribution in [0.2, 0.25) is 0 Å². The van der Waals surface area contributed by atoms with E-state index in [2.05, 4.69) is 20.6 Å². The van der Waals surface area contributed by atoms with Crippen molar-refractivity contribution in [1.82, 2.24) is 15.3 Å². The molecular formula is C11H16N4O2. The molecule has 1 aromatic rings. The highest BCUT2D eigenvalue weighted by Crippen LogP contribution is 2.13. The van der Waals surface area contributed by atoms with E-state index in [0.29, 0.717) is 5.82 Å². The molecule has 0 saturated carbocycles. The summed E-state index contributed by atoms with van der Waals surface area (Å²) in [5.41, 5.74) is 0.756. The number of anilines is 1. The number of hydrogen-bond acceptors (Lipinski definition) is 5. The number of amides is 1. The Labute approximate surface area is 99.8 Å². The molecular weight excluding hydrogens is 220 g/mol. The van der Waals surface area contributed by atoms with Crippen LogP contribution in [0, 0.1) is 6.92 Å². The van der Waals surface area contributed by atoms with E-state index in [1.54, 1.807) is 6.07 Å². The SMILES string of the molecule is COc1nc(C)cc(NC(=O)[C@@H]2CCCN2)n1. The molecule has 2 N–H and O–H groups in total. The Morgan fingerprint density at radius 1 is 1.59 bits per heavy atom. The minimum absolute atomic E-state index is 0.0531. The molecule has 1 atom stereocenters. The Bertz CT molecular complexity index is 416. The monoisotopic (exact) mass is 236 g/mol. The van der Waals surface area contributed by atoms with E-state index < -0.39 is 0 Å². The van der Waals surface area contributed by atoms with Gasteiger partial charge in [0.1, 0.15) is 5.82 Å². The standard InChI is InChI=1S/C11H16N4O2/c1-7-6-9(15-11(13-7)17-2)14-10(16)8-4-3-5-12-8/h6,8,12H,3-5H2,1-2H3,(H,13,14,15,16)/t8-/m0/s1. The van der Waals surface area contributed by atoms with Crippen molar-refractivity contribution in [2.24, 2.45) is 0 Å². The molecule has 0 aliphatic carbocycles. The number of aryl methyl sites for hydroxylation is 1. The minimum Gasteiger partial charge on any atom is -0.467 e. The molecule has 1 amide bonds. The van der Waals surface area contributed by atoms with Gasteiger partial charge < -0.3 is 15.4 Å². The Morgan fingerprint density at radius 2 is 2.41 bits per heavy atom. The van der Waals surface area contributed by atoms with E-state index in [1.807, 2.05) is 6.92 Å². The molecule has 0 bridgehead atoms. The Kier molecular flexibility index (Phi) is 3.53. The lowest BCUT2D eigenvalue weighted by molar-refractivity contribution is -0.117. The van der Waals surface area contributed by atoms with Crippen LogP contribution in [0.15, 0.2) is 6.07 Å². The third-order valence-corrected chi connectivity index (χ3v) is 2.64. The van der Waals surface area contributed by atoms with E-state index in [4.69, 9.17) is 4.74 Å². The molecule has 2 rings (SSSR count). The van der Waals surface area contributed by atoms with Gasteiger partial charge in [0.25, 0.3) is 0 Å². The third-order valence-electron chi connectivity index (χ3n) is 2.64. The molecule has 1 fully saturated rings. The predicted molar refractivity (Wildman–Crippen MR) is 63.0 cm³/mol. The van der Waals surface area contributed by atoms with Gasteiger partial charge >= 0.3 is 6.01 Å². The highest BCUT2D eigenvalue weighted by Gasteiger charge is 2.22. The first-order valence-electron chi connectivity index (χ1n) is 5.63. The first-order chi connectivity index (χ1) is 8.19. The molecule has 0 aromatic carbocycles. The largest absolute Gasteiger partial charge is 0.467 e. The molecule has 1 aliphatic heterocycles. The average molecular weight is 236 g/mol. The zero-order valence-corrected chi connectivity index (χ0v) is 9.99. The number of carbonyl (C=O) groups is 1. The second kappa shape index (κ2) is 5.09. The van der Waals surface area contributed by atoms with Gasteiger partial charge in [-0.2, -0.15) is 4.98 Å². The number of methoxy groups -OCH3 is 1. The molecule has 0 spiro atoms. The molecule has 17 heavy (non-hydrogen) atoms. The first-order valence-corrected chi connectivity index (χ1v) is 5.63. The molecule has 0 radical (unpaired) electrons. The van der Waals surface area contributed by atoms with Gasteiger partial charge in [0.15, 0.2) is 0 Å². The van der Waals surface area contributed by atoms with Crippen LogP contribution in [0.4, 0.5) is 5.82 Å².